The maximum absolute atomic E-state index is 5.55. The van der Waals surface area contributed by atoms with E-state index in [-0.39, 0.29) is 0 Å². The number of fused-ring (bicyclic) bond motifs is 1. The molecule has 5 heteroatoms. The molecule has 3 N–H and O–H groups in total. The smallest absolute Gasteiger partial charge is 0.180 e. The number of hydrogen-bond donors (Lipinski definition) is 2. The predicted octanol–water partition coefficient (Wildman–Crippen LogP) is 2.85. The minimum atomic E-state index is 0.594. The molecular formula is C16H17N5. The molecule has 2 aromatic heterocycles. The van der Waals surface area contributed by atoms with Crippen LogP contribution in [0.1, 0.15) is 18.2 Å². The summed E-state index contributed by atoms with van der Waals surface area (Å²) in [6, 6.07) is 12.0. The second kappa shape index (κ2) is 5.46. The summed E-state index contributed by atoms with van der Waals surface area (Å²) < 4.78 is 0. The summed E-state index contributed by atoms with van der Waals surface area (Å²) in [4.78, 5) is 13.7. The fourth-order valence-electron chi connectivity index (χ4n) is 2.35. The van der Waals surface area contributed by atoms with E-state index in [2.05, 4.69) is 27.3 Å². The van der Waals surface area contributed by atoms with Crippen LogP contribution in [0.15, 0.2) is 36.4 Å². The van der Waals surface area contributed by atoms with E-state index in [1.54, 1.807) is 0 Å². The zero-order valence-electron chi connectivity index (χ0n) is 12.1. The Kier molecular flexibility index (Phi) is 3.50. The van der Waals surface area contributed by atoms with Crippen molar-refractivity contribution in [3.05, 3.63) is 47.7 Å². The number of nitrogens with one attached hydrogen (secondary N) is 1. The minimum absolute atomic E-state index is 0.594. The maximum Gasteiger partial charge on any atom is 0.180 e. The van der Waals surface area contributed by atoms with Gasteiger partial charge in [0.15, 0.2) is 5.82 Å². The number of aryl methyl sites for hydroxylation is 1. The molecule has 0 radical (unpaired) electrons. The molecule has 0 fully saturated rings. The lowest BCUT2D eigenvalue weighted by atomic mass is 10.1. The van der Waals surface area contributed by atoms with E-state index in [0.29, 0.717) is 11.6 Å². The SMILES string of the molecule is CCc1nc(-c2ccc3ccccc3n2)nc(NN)c1C. The van der Waals surface area contributed by atoms with E-state index in [0.717, 1.165) is 34.3 Å². The van der Waals surface area contributed by atoms with E-state index in [1.807, 2.05) is 43.3 Å². The molecule has 0 aliphatic rings. The number of benzene rings is 1. The second-order valence-corrected chi connectivity index (χ2v) is 4.85. The molecule has 0 atom stereocenters. The van der Waals surface area contributed by atoms with Crippen molar-refractivity contribution in [2.75, 3.05) is 5.43 Å². The Hall–Kier alpha value is -2.53. The number of hydrazine groups is 1. The first-order chi connectivity index (χ1) is 10.2. The fraction of sp³-hybridized carbons (Fsp3) is 0.188. The summed E-state index contributed by atoms with van der Waals surface area (Å²) in [6.45, 7) is 4.03. The van der Waals surface area contributed by atoms with Crippen molar-refractivity contribution in [1.29, 1.82) is 0 Å². The van der Waals surface area contributed by atoms with Crippen molar-refractivity contribution in [3.63, 3.8) is 0 Å². The summed E-state index contributed by atoms with van der Waals surface area (Å²) in [5.41, 5.74) is 6.27. The highest BCUT2D eigenvalue weighted by molar-refractivity contribution is 5.80. The minimum Gasteiger partial charge on any atom is -0.308 e. The van der Waals surface area contributed by atoms with Crippen molar-refractivity contribution in [3.8, 4) is 11.5 Å². The fourth-order valence-corrected chi connectivity index (χ4v) is 2.35. The Bertz CT molecular complexity index is 773. The Balaban J connectivity index is 2.17. The quantitative estimate of drug-likeness (QED) is 0.569. The number of nitrogen functional groups attached to an aromatic ring is 1. The highest BCUT2D eigenvalue weighted by atomic mass is 15.3. The van der Waals surface area contributed by atoms with Gasteiger partial charge < -0.3 is 5.43 Å². The molecule has 106 valence electrons. The molecule has 5 nitrogen and oxygen atoms in total. The van der Waals surface area contributed by atoms with Gasteiger partial charge in [0.25, 0.3) is 0 Å². The van der Waals surface area contributed by atoms with Crippen LogP contribution in [0.3, 0.4) is 0 Å². The van der Waals surface area contributed by atoms with Crippen molar-refractivity contribution in [2.24, 2.45) is 5.84 Å². The van der Waals surface area contributed by atoms with Gasteiger partial charge >= 0.3 is 0 Å². The Morgan fingerprint density at radius 3 is 2.62 bits per heavy atom. The number of pyridine rings is 1. The lowest BCUT2D eigenvalue weighted by molar-refractivity contribution is 0.969. The Morgan fingerprint density at radius 1 is 1.05 bits per heavy atom. The molecule has 2 heterocycles. The van der Waals surface area contributed by atoms with E-state index in [1.165, 1.54) is 0 Å². The van der Waals surface area contributed by atoms with Crippen LogP contribution in [0.4, 0.5) is 5.82 Å². The van der Waals surface area contributed by atoms with Crippen molar-refractivity contribution in [2.45, 2.75) is 20.3 Å². The first-order valence-corrected chi connectivity index (χ1v) is 6.93. The van der Waals surface area contributed by atoms with E-state index < -0.39 is 0 Å². The number of aromatic nitrogens is 3. The van der Waals surface area contributed by atoms with Gasteiger partial charge in [-0.25, -0.2) is 20.8 Å². The van der Waals surface area contributed by atoms with Gasteiger partial charge in [-0.1, -0.05) is 31.2 Å². The van der Waals surface area contributed by atoms with Gasteiger partial charge in [-0.15, -0.1) is 0 Å². The maximum atomic E-state index is 5.55. The van der Waals surface area contributed by atoms with Crippen molar-refractivity contribution >= 4 is 16.7 Å². The summed E-state index contributed by atoms with van der Waals surface area (Å²) in [7, 11) is 0. The van der Waals surface area contributed by atoms with Gasteiger partial charge in [-0.3, -0.25) is 0 Å². The molecule has 0 unspecified atom stereocenters. The number of nitrogens with two attached hydrogens (primary N) is 1. The molecule has 0 aliphatic carbocycles. The summed E-state index contributed by atoms with van der Waals surface area (Å²) in [5.74, 6) is 6.79. The van der Waals surface area contributed by atoms with Gasteiger partial charge in [0.1, 0.15) is 11.5 Å². The third-order valence-corrected chi connectivity index (χ3v) is 3.55. The van der Waals surface area contributed by atoms with Crippen LogP contribution in [0, 0.1) is 6.92 Å². The zero-order chi connectivity index (χ0) is 14.8. The van der Waals surface area contributed by atoms with E-state index in [9.17, 15) is 0 Å². The molecule has 0 aliphatic heterocycles. The number of para-hydroxylation sites is 1. The van der Waals surface area contributed by atoms with Crippen LogP contribution in [-0.2, 0) is 6.42 Å². The molecule has 0 saturated carbocycles. The average molecular weight is 279 g/mol. The number of hydrogen-bond acceptors (Lipinski definition) is 5. The van der Waals surface area contributed by atoms with Gasteiger partial charge in [0, 0.05) is 16.6 Å². The Morgan fingerprint density at radius 2 is 1.86 bits per heavy atom. The van der Waals surface area contributed by atoms with Gasteiger partial charge in [0.05, 0.1) is 5.52 Å². The first-order valence-electron chi connectivity index (χ1n) is 6.93. The summed E-state index contributed by atoms with van der Waals surface area (Å²) >= 11 is 0. The third kappa shape index (κ3) is 2.43. The molecular weight excluding hydrogens is 262 g/mol. The monoisotopic (exact) mass is 279 g/mol. The largest absolute Gasteiger partial charge is 0.308 e. The summed E-state index contributed by atoms with van der Waals surface area (Å²) in [6.07, 6.45) is 0.823. The third-order valence-electron chi connectivity index (χ3n) is 3.55. The van der Waals surface area contributed by atoms with E-state index >= 15 is 0 Å². The first kappa shape index (κ1) is 13.5. The van der Waals surface area contributed by atoms with Crippen LogP contribution in [0.2, 0.25) is 0 Å². The van der Waals surface area contributed by atoms with Gasteiger partial charge in [-0.2, -0.15) is 0 Å². The highest BCUT2D eigenvalue weighted by Gasteiger charge is 2.11. The zero-order valence-corrected chi connectivity index (χ0v) is 12.1. The normalized spacial score (nSPS) is 10.8. The molecule has 21 heavy (non-hydrogen) atoms. The standard InChI is InChI=1S/C16H17N5/c1-3-12-10(2)15(21-17)20-16(19-12)14-9-8-11-6-4-5-7-13(11)18-14/h4-9H,3,17H2,1-2H3,(H,19,20,21). The van der Waals surface area contributed by atoms with Crippen molar-refractivity contribution < 1.29 is 0 Å². The molecule has 3 aromatic rings. The van der Waals surface area contributed by atoms with Gasteiger partial charge in [0.2, 0.25) is 0 Å². The highest BCUT2D eigenvalue weighted by Crippen LogP contribution is 2.22. The molecule has 0 amide bonds. The lowest BCUT2D eigenvalue weighted by Crippen LogP contribution is -2.13. The lowest BCUT2D eigenvalue weighted by Gasteiger charge is -2.11. The van der Waals surface area contributed by atoms with Crippen LogP contribution >= 0.6 is 0 Å². The average Bonchev–Trinajstić information content (AvgIpc) is 2.54. The second-order valence-electron chi connectivity index (χ2n) is 4.85. The van der Waals surface area contributed by atoms with Crippen molar-refractivity contribution in [1.82, 2.24) is 15.0 Å². The Labute approximate surface area is 123 Å². The number of nitrogens with zero attached hydrogens (tertiary/aromatic N) is 3. The predicted molar refractivity (Wildman–Crippen MR) is 84.7 cm³/mol. The molecule has 0 spiro atoms. The molecule has 1 aromatic carbocycles. The van der Waals surface area contributed by atoms with Crippen LogP contribution in [-0.4, -0.2) is 15.0 Å². The molecule has 3 rings (SSSR count). The summed E-state index contributed by atoms with van der Waals surface area (Å²) in [5, 5.41) is 1.10. The number of anilines is 1. The van der Waals surface area contributed by atoms with Crippen LogP contribution in [0.5, 0.6) is 0 Å². The number of rotatable bonds is 3. The van der Waals surface area contributed by atoms with Gasteiger partial charge in [-0.05, 0) is 25.5 Å². The van der Waals surface area contributed by atoms with E-state index in [4.69, 9.17) is 5.84 Å². The van der Waals surface area contributed by atoms with Crippen LogP contribution in [0.25, 0.3) is 22.4 Å². The molecule has 0 bridgehead atoms. The molecule has 0 saturated heterocycles. The topological polar surface area (TPSA) is 76.7 Å². The van der Waals surface area contributed by atoms with Crippen LogP contribution < -0.4 is 11.3 Å².